The second kappa shape index (κ2) is 9.05. The molecule has 2 aromatic carbocycles. The predicted molar refractivity (Wildman–Crippen MR) is 119 cm³/mol. The van der Waals surface area contributed by atoms with Gasteiger partial charge in [-0.3, -0.25) is 9.78 Å². The zero-order valence-corrected chi connectivity index (χ0v) is 16.6. The molecule has 0 saturated carbocycles. The highest BCUT2D eigenvalue weighted by Crippen LogP contribution is 2.21. The maximum Gasteiger partial charge on any atom is 0.274 e. The van der Waals surface area contributed by atoms with Gasteiger partial charge in [-0.1, -0.05) is 30.3 Å². The van der Waals surface area contributed by atoms with Crippen LogP contribution in [0, 0.1) is 0 Å². The van der Waals surface area contributed by atoms with Crippen LogP contribution in [0.4, 0.5) is 11.4 Å². The summed E-state index contributed by atoms with van der Waals surface area (Å²) in [6, 6.07) is 21.1. The van der Waals surface area contributed by atoms with E-state index in [1.165, 1.54) is 5.56 Å². The lowest BCUT2D eigenvalue weighted by atomic mass is 10.1. The number of hydrogen-bond donors (Lipinski definition) is 2. The van der Waals surface area contributed by atoms with E-state index in [0.717, 1.165) is 35.3 Å². The number of methoxy groups -OCH3 is 1. The number of para-hydroxylation sites is 1. The van der Waals surface area contributed by atoms with Gasteiger partial charge in [0.25, 0.3) is 5.91 Å². The molecule has 0 saturated heterocycles. The maximum atomic E-state index is 12.6. The van der Waals surface area contributed by atoms with Crippen LogP contribution in [0.5, 0.6) is 5.75 Å². The first-order valence-corrected chi connectivity index (χ1v) is 9.71. The quantitative estimate of drug-likeness (QED) is 0.478. The number of carbonyl (C=O) groups excluding carboxylic acids is 1. The molecule has 0 unspecified atom stereocenters. The minimum atomic E-state index is -0.268. The molecule has 0 atom stereocenters. The zero-order valence-electron chi connectivity index (χ0n) is 16.6. The fraction of sp³-hybridized carbons (Fsp3) is 0.125. The third-order valence-corrected chi connectivity index (χ3v) is 4.75. The predicted octanol–water partition coefficient (Wildman–Crippen LogP) is 4.55. The van der Waals surface area contributed by atoms with Crippen molar-refractivity contribution >= 4 is 28.2 Å². The van der Waals surface area contributed by atoms with Crippen LogP contribution in [0.25, 0.3) is 10.9 Å². The molecule has 4 rings (SSSR count). The third kappa shape index (κ3) is 4.55. The summed E-state index contributed by atoms with van der Waals surface area (Å²) in [7, 11) is 1.66. The number of hydrogen-bond acceptors (Lipinski definition) is 5. The first-order chi connectivity index (χ1) is 14.7. The summed E-state index contributed by atoms with van der Waals surface area (Å²) < 4.78 is 5.25. The second-order valence-corrected chi connectivity index (χ2v) is 6.80. The maximum absolute atomic E-state index is 12.6. The highest BCUT2D eigenvalue weighted by atomic mass is 16.5. The molecule has 2 N–H and O–H groups in total. The third-order valence-electron chi connectivity index (χ3n) is 4.75. The summed E-state index contributed by atoms with van der Waals surface area (Å²) in [6.45, 7) is 0.752. The summed E-state index contributed by atoms with van der Waals surface area (Å²) in [4.78, 5) is 21.2. The van der Waals surface area contributed by atoms with Crippen LogP contribution in [-0.4, -0.2) is 29.5 Å². The molecule has 0 aliphatic heterocycles. The molecule has 0 spiro atoms. The van der Waals surface area contributed by atoms with Gasteiger partial charge in [-0.05, 0) is 48.4 Å². The van der Waals surface area contributed by atoms with Crippen LogP contribution in [0.15, 0.2) is 79.1 Å². The molecule has 6 heteroatoms. The van der Waals surface area contributed by atoms with Gasteiger partial charge in [0.1, 0.15) is 11.4 Å². The first kappa shape index (κ1) is 19.4. The first-order valence-electron chi connectivity index (χ1n) is 9.71. The number of fused-ring (bicyclic) bond motifs is 1. The minimum Gasteiger partial charge on any atom is -0.497 e. The van der Waals surface area contributed by atoms with E-state index in [9.17, 15) is 4.79 Å². The van der Waals surface area contributed by atoms with Crippen LogP contribution in [0.1, 0.15) is 16.1 Å². The number of pyridine rings is 2. The normalized spacial score (nSPS) is 10.6. The Kier molecular flexibility index (Phi) is 5.85. The summed E-state index contributed by atoms with van der Waals surface area (Å²) >= 11 is 0. The Labute approximate surface area is 175 Å². The molecule has 0 radical (unpaired) electrons. The number of rotatable bonds is 7. The van der Waals surface area contributed by atoms with Crippen molar-refractivity contribution in [2.45, 2.75) is 6.42 Å². The average molecular weight is 398 g/mol. The summed E-state index contributed by atoms with van der Waals surface area (Å²) in [5.74, 6) is 0.585. The molecule has 0 aliphatic carbocycles. The van der Waals surface area contributed by atoms with E-state index in [0.29, 0.717) is 11.4 Å². The van der Waals surface area contributed by atoms with E-state index >= 15 is 0 Å². The van der Waals surface area contributed by atoms with E-state index in [-0.39, 0.29) is 5.91 Å². The van der Waals surface area contributed by atoms with Crippen LogP contribution in [0.3, 0.4) is 0 Å². The lowest BCUT2D eigenvalue weighted by molar-refractivity contribution is 0.102. The highest BCUT2D eigenvalue weighted by molar-refractivity contribution is 6.07. The Morgan fingerprint density at radius 3 is 2.70 bits per heavy atom. The van der Waals surface area contributed by atoms with Gasteiger partial charge in [-0.25, -0.2) is 4.98 Å². The number of nitrogens with zero attached hydrogens (tertiary/aromatic N) is 2. The van der Waals surface area contributed by atoms with Gasteiger partial charge in [0.05, 0.1) is 30.2 Å². The van der Waals surface area contributed by atoms with Crippen molar-refractivity contribution in [3.05, 3.63) is 90.4 Å². The van der Waals surface area contributed by atoms with Crippen molar-refractivity contribution < 1.29 is 9.53 Å². The van der Waals surface area contributed by atoms with Crippen molar-refractivity contribution in [1.29, 1.82) is 0 Å². The SMILES string of the molecule is COc1cccc(CCNc2ccc(C(=O)Nc3cccc4cccnc34)nc2)c1. The molecule has 2 heterocycles. The summed E-state index contributed by atoms with van der Waals surface area (Å²) in [5, 5.41) is 7.20. The van der Waals surface area contributed by atoms with Gasteiger partial charge in [-0.15, -0.1) is 0 Å². The van der Waals surface area contributed by atoms with E-state index < -0.39 is 0 Å². The number of benzene rings is 2. The summed E-state index contributed by atoms with van der Waals surface area (Å²) in [5.41, 5.74) is 3.82. The molecule has 6 nitrogen and oxygen atoms in total. The molecule has 4 aromatic rings. The van der Waals surface area contributed by atoms with Crippen molar-refractivity contribution in [2.24, 2.45) is 0 Å². The number of anilines is 2. The van der Waals surface area contributed by atoms with E-state index in [4.69, 9.17) is 4.74 Å². The van der Waals surface area contributed by atoms with E-state index in [1.54, 1.807) is 25.6 Å². The highest BCUT2D eigenvalue weighted by Gasteiger charge is 2.10. The Balaban J connectivity index is 1.36. The van der Waals surface area contributed by atoms with Gasteiger partial charge in [0.2, 0.25) is 0 Å². The number of amides is 1. The van der Waals surface area contributed by atoms with Crippen molar-refractivity contribution in [1.82, 2.24) is 9.97 Å². The molecule has 0 bridgehead atoms. The molecule has 0 fully saturated rings. The lowest BCUT2D eigenvalue weighted by Gasteiger charge is -2.09. The zero-order chi connectivity index (χ0) is 20.8. The van der Waals surface area contributed by atoms with Crippen LogP contribution < -0.4 is 15.4 Å². The molecule has 2 aromatic heterocycles. The van der Waals surface area contributed by atoms with Gasteiger partial charge in [0, 0.05) is 18.1 Å². The molecule has 150 valence electrons. The Morgan fingerprint density at radius 2 is 1.87 bits per heavy atom. The van der Waals surface area contributed by atoms with Crippen molar-refractivity contribution in [3.8, 4) is 5.75 Å². The van der Waals surface area contributed by atoms with E-state index in [1.807, 2.05) is 54.6 Å². The second-order valence-electron chi connectivity index (χ2n) is 6.80. The lowest BCUT2D eigenvalue weighted by Crippen LogP contribution is -2.14. The van der Waals surface area contributed by atoms with Gasteiger partial charge in [-0.2, -0.15) is 0 Å². The average Bonchev–Trinajstić information content (AvgIpc) is 2.80. The monoisotopic (exact) mass is 398 g/mol. The molecule has 30 heavy (non-hydrogen) atoms. The van der Waals surface area contributed by atoms with Gasteiger partial charge >= 0.3 is 0 Å². The van der Waals surface area contributed by atoms with Crippen LogP contribution in [0.2, 0.25) is 0 Å². The number of ether oxygens (including phenoxy) is 1. The van der Waals surface area contributed by atoms with Gasteiger partial charge in [0.15, 0.2) is 0 Å². The Morgan fingerprint density at radius 1 is 1.00 bits per heavy atom. The molecule has 1 amide bonds. The Hall–Kier alpha value is -3.93. The van der Waals surface area contributed by atoms with Crippen molar-refractivity contribution in [3.63, 3.8) is 0 Å². The smallest absolute Gasteiger partial charge is 0.274 e. The fourth-order valence-electron chi connectivity index (χ4n) is 3.20. The molecular weight excluding hydrogens is 376 g/mol. The van der Waals surface area contributed by atoms with Crippen molar-refractivity contribution in [2.75, 3.05) is 24.3 Å². The minimum absolute atomic E-state index is 0.268. The van der Waals surface area contributed by atoms with Gasteiger partial charge < -0.3 is 15.4 Å². The molecule has 0 aliphatic rings. The summed E-state index contributed by atoms with van der Waals surface area (Å²) in [6.07, 6.45) is 4.23. The van der Waals surface area contributed by atoms with E-state index in [2.05, 4.69) is 26.7 Å². The van der Waals surface area contributed by atoms with Crippen LogP contribution in [-0.2, 0) is 6.42 Å². The largest absolute Gasteiger partial charge is 0.497 e. The number of nitrogens with one attached hydrogen (secondary N) is 2. The standard InChI is InChI=1S/C24H22N4O2/c1-30-20-8-2-5-17(15-20)12-14-25-19-10-11-22(27-16-19)24(29)28-21-9-3-6-18-7-4-13-26-23(18)21/h2-11,13,15-16,25H,12,14H2,1H3,(H,28,29). The van der Waals surface area contributed by atoms with Crippen LogP contribution >= 0.6 is 0 Å². The molecular formula is C24H22N4O2. The topological polar surface area (TPSA) is 76.1 Å². The number of carbonyl (C=O) groups is 1. The number of aromatic nitrogens is 2. The fourth-order valence-corrected chi connectivity index (χ4v) is 3.20. The Bertz CT molecular complexity index is 1150.